The molecule has 0 saturated carbocycles. The van der Waals surface area contributed by atoms with Gasteiger partial charge in [-0.2, -0.15) is 0 Å². The summed E-state index contributed by atoms with van der Waals surface area (Å²) in [5, 5.41) is 1.14. The Kier molecular flexibility index (Phi) is 4.29. The van der Waals surface area contributed by atoms with Crippen LogP contribution in [0.5, 0.6) is 0 Å². The van der Waals surface area contributed by atoms with Crippen LogP contribution >= 0.6 is 0 Å². The summed E-state index contributed by atoms with van der Waals surface area (Å²) in [6.07, 6.45) is 0. The van der Waals surface area contributed by atoms with Crippen LogP contribution in [0.3, 0.4) is 0 Å². The van der Waals surface area contributed by atoms with Crippen molar-refractivity contribution in [2.75, 3.05) is 26.7 Å². The van der Waals surface area contributed by atoms with E-state index >= 15 is 0 Å². The van der Waals surface area contributed by atoms with Gasteiger partial charge in [-0.15, -0.1) is 0 Å². The molecular formula is C22H25N3O. The van der Waals surface area contributed by atoms with Crippen molar-refractivity contribution < 1.29 is 4.79 Å². The molecule has 1 N–H and O–H groups in total. The monoisotopic (exact) mass is 347 g/mol. The number of aryl methyl sites for hydroxylation is 2. The highest BCUT2D eigenvalue weighted by molar-refractivity contribution is 5.99. The number of aromatic amines is 1. The number of likely N-dealkylation sites (N-methyl/N-ethyl adjacent to an activating group) is 1. The maximum atomic E-state index is 13.3. The van der Waals surface area contributed by atoms with Crippen LogP contribution in [0, 0.1) is 13.8 Å². The molecule has 2 aromatic carbocycles. The van der Waals surface area contributed by atoms with Gasteiger partial charge in [-0.1, -0.05) is 30.3 Å². The van der Waals surface area contributed by atoms with Crippen molar-refractivity contribution in [1.29, 1.82) is 0 Å². The molecule has 4 heteroatoms. The number of aromatic nitrogens is 1. The second-order valence-electron chi connectivity index (χ2n) is 7.32. The first-order chi connectivity index (χ1) is 12.5. The summed E-state index contributed by atoms with van der Waals surface area (Å²) in [7, 11) is 2.12. The molecular weight excluding hydrogens is 322 g/mol. The topological polar surface area (TPSA) is 39.3 Å². The maximum Gasteiger partial charge on any atom is 0.254 e. The molecule has 0 radical (unpaired) electrons. The van der Waals surface area contributed by atoms with Crippen LogP contribution in [0.2, 0.25) is 0 Å². The summed E-state index contributed by atoms with van der Waals surface area (Å²) in [6, 6.07) is 16.4. The molecule has 134 valence electrons. The van der Waals surface area contributed by atoms with Crippen LogP contribution in [0.15, 0.2) is 48.5 Å². The van der Waals surface area contributed by atoms with E-state index in [0.717, 1.165) is 41.8 Å². The second kappa shape index (κ2) is 6.61. The van der Waals surface area contributed by atoms with Gasteiger partial charge in [-0.25, -0.2) is 0 Å². The number of piperazine rings is 1. The fourth-order valence-electron chi connectivity index (χ4n) is 3.88. The van der Waals surface area contributed by atoms with Gasteiger partial charge in [-0.05, 0) is 50.2 Å². The third-order valence-electron chi connectivity index (χ3n) is 5.58. The quantitative estimate of drug-likeness (QED) is 0.763. The molecule has 1 fully saturated rings. The molecule has 1 amide bonds. The van der Waals surface area contributed by atoms with Gasteiger partial charge in [0, 0.05) is 41.8 Å². The minimum absolute atomic E-state index is 0.0900. The number of hydrogen-bond acceptors (Lipinski definition) is 2. The predicted molar refractivity (Wildman–Crippen MR) is 105 cm³/mol. The smallest absolute Gasteiger partial charge is 0.254 e. The molecule has 1 saturated heterocycles. The Labute approximate surface area is 154 Å². The minimum atomic E-state index is 0.0900. The van der Waals surface area contributed by atoms with Gasteiger partial charge >= 0.3 is 0 Å². The number of H-pyrrole nitrogens is 1. The van der Waals surface area contributed by atoms with Crippen LogP contribution in [0.25, 0.3) is 10.9 Å². The van der Waals surface area contributed by atoms with E-state index in [-0.39, 0.29) is 11.9 Å². The number of amides is 1. The molecule has 0 aliphatic carbocycles. The van der Waals surface area contributed by atoms with Gasteiger partial charge in [0.25, 0.3) is 5.91 Å². The number of carbonyl (C=O) groups is 1. The minimum Gasteiger partial charge on any atom is -0.358 e. The van der Waals surface area contributed by atoms with Gasteiger partial charge in [0.1, 0.15) is 0 Å². The van der Waals surface area contributed by atoms with Crippen molar-refractivity contribution in [3.8, 4) is 0 Å². The van der Waals surface area contributed by atoms with Crippen LogP contribution < -0.4 is 0 Å². The molecule has 0 unspecified atom stereocenters. The molecule has 1 atom stereocenters. The van der Waals surface area contributed by atoms with Crippen molar-refractivity contribution in [3.63, 3.8) is 0 Å². The summed E-state index contributed by atoms with van der Waals surface area (Å²) < 4.78 is 0. The van der Waals surface area contributed by atoms with E-state index in [1.807, 2.05) is 41.3 Å². The normalized spacial score (nSPS) is 18.4. The molecule has 1 aromatic heterocycles. The largest absolute Gasteiger partial charge is 0.358 e. The molecule has 1 aliphatic heterocycles. The second-order valence-corrected chi connectivity index (χ2v) is 7.32. The lowest BCUT2D eigenvalue weighted by Crippen LogP contribution is -2.49. The van der Waals surface area contributed by atoms with E-state index < -0.39 is 0 Å². The zero-order valence-corrected chi connectivity index (χ0v) is 15.6. The fourth-order valence-corrected chi connectivity index (χ4v) is 3.88. The Hall–Kier alpha value is -2.59. The van der Waals surface area contributed by atoms with E-state index in [1.54, 1.807) is 0 Å². The summed E-state index contributed by atoms with van der Waals surface area (Å²) in [5.41, 5.74) is 5.43. The van der Waals surface area contributed by atoms with Crippen LogP contribution in [0.4, 0.5) is 0 Å². The molecule has 2 heterocycles. The van der Waals surface area contributed by atoms with Crippen LogP contribution in [0.1, 0.15) is 33.2 Å². The van der Waals surface area contributed by atoms with Crippen molar-refractivity contribution >= 4 is 16.8 Å². The number of benzene rings is 2. The highest BCUT2D eigenvalue weighted by atomic mass is 16.2. The summed E-state index contributed by atoms with van der Waals surface area (Å²) in [5.74, 6) is 0.118. The van der Waals surface area contributed by atoms with E-state index in [4.69, 9.17) is 0 Å². The van der Waals surface area contributed by atoms with Gasteiger partial charge in [0.05, 0.1) is 6.04 Å². The Balaban J connectivity index is 1.70. The summed E-state index contributed by atoms with van der Waals surface area (Å²) in [6.45, 7) is 6.69. The lowest BCUT2D eigenvalue weighted by molar-refractivity contribution is 0.0498. The Morgan fingerprint density at radius 3 is 2.62 bits per heavy atom. The first-order valence-electron chi connectivity index (χ1n) is 9.18. The Morgan fingerprint density at radius 2 is 1.85 bits per heavy atom. The van der Waals surface area contributed by atoms with E-state index in [9.17, 15) is 4.79 Å². The SMILES string of the molecule is Cc1[nH]c2ccc(C(=O)N3CCN(C)C[C@@H]3c3ccccc3)cc2c1C. The molecule has 4 nitrogen and oxygen atoms in total. The van der Waals surface area contributed by atoms with Crippen molar-refractivity contribution in [2.24, 2.45) is 0 Å². The lowest BCUT2D eigenvalue weighted by atomic mass is 10.0. The number of rotatable bonds is 2. The first kappa shape index (κ1) is 16.9. The average Bonchev–Trinajstić information content (AvgIpc) is 2.95. The molecule has 0 spiro atoms. The zero-order chi connectivity index (χ0) is 18.3. The molecule has 3 aromatic rings. The molecule has 4 rings (SSSR count). The van der Waals surface area contributed by atoms with Gasteiger partial charge in [-0.3, -0.25) is 4.79 Å². The number of carbonyl (C=O) groups excluding carboxylic acids is 1. The van der Waals surface area contributed by atoms with E-state index in [2.05, 4.69) is 42.9 Å². The van der Waals surface area contributed by atoms with Crippen LogP contribution in [-0.4, -0.2) is 47.4 Å². The molecule has 1 aliphatic rings. The lowest BCUT2D eigenvalue weighted by Gasteiger charge is -2.40. The summed E-state index contributed by atoms with van der Waals surface area (Å²) in [4.78, 5) is 21.1. The van der Waals surface area contributed by atoms with Gasteiger partial charge in [0.2, 0.25) is 0 Å². The van der Waals surface area contributed by atoms with Crippen molar-refractivity contribution in [3.05, 3.63) is 70.9 Å². The first-order valence-corrected chi connectivity index (χ1v) is 9.18. The Bertz CT molecular complexity index is 945. The average molecular weight is 347 g/mol. The van der Waals surface area contributed by atoms with E-state index in [1.165, 1.54) is 11.1 Å². The third-order valence-corrected chi connectivity index (χ3v) is 5.58. The zero-order valence-electron chi connectivity index (χ0n) is 15.6. The number of nitrogens with zero attached hydrogens (tertiary/aromatic N) is 2. The number of fused-ring (bicyclic) bond motifs is 1. The van der Waals surface area contributed by atoms with Gasteiger partial charge < -0.3 is 14.8 Å². The maximum absolute atomic E-state index is 13.3. The van der Waals surface area contributed by atoms with E-state index in [0.29, 0.717) is 0 Å². The van der Waals surface area contributed by atoms with Crippen LogP contribution in [-0.2, 0) is 0 Å². The Morgan fingerprint density at radius 1 is 1.08 bits per heavy atom. The molecule has 0 bridgehead atoms. The van der Waals surface area contributed by atoms with Crippen molar-refractivity contribution in [1.82, 2.24) is 14.8 Å². The highest BCUT2D eigenvalue weighted by Gasteiger charge is 2.30. The predicted octanol–water partition coefficient (Wildman–Crippen LogP) is 3.91. The molecule has 26 heavy (non-hydrogen) atoms. The van der Waals surface area contributed by atoms with Crippen molar-refractivity contribution in [2.45, 2.75) is 19.9 Å². The number of nitrogens with one attached hydrogen (secondary N) is 1. The standard InChI is InChI=1S/C22H25N3O/c1-15-16(2)23-20-10-9-18(13-19(15)20)22(26)25-12-11-24(3)14-21(25)17-7-5-4-6-8-17/h4-10,13,21,23H,11-12,14H2,1-3H3/t21-/m1/s1. The van der Waals surface area contributed by atoms with Gasteiger partial charge in [0.15, 0.2) is 0 Å². The fraction of sp³-hybridized carbons (Fsp3) is 0.318. The summed E-state index contributed by atoms with van der Waals surface area (Å²) >= 11 is 0. The number of hydrogen-bond donors (Lipinski definition) is 1. The highest BCUT2D eigenvalue weighted by Crippen LogP contribution is 2.28. The third kappa shape index (κ3) is 2.90.